The summed E-state index contributed by atoms with van der Waals surface area (Å²) in [6.45, 7) is 9.54. The monoisotopic (exact) mass is 289 g/mol. The number of hydrogen-bond acceptors (Lipinski definition) is 1. The second-order valence-corrected chi connectivity index (χ2v) is 8.11. The van der Waals surface area contributed by atoms with Crippen molar-refractivity contribution >= 4 is 5.91 Å². The number of fused-ring (bicyclic) bond motifs is 2. The van der Waals surface area contributed by atoms with Gasteiger partial charge in [-0.2, -0.15) is 0 Å². The maximum Gasteiger partial charge on any atom is 0.254 e. The Balaban J connectivity index is 1.90. The Kier molecular flexibility index (Phi) is 3.16. The molecule has 1 aromatic carbocycles. The molecule has 2 fully saturated rings. The summed E-state index contributed by atoms with van der Waals surface area (Å²) in [6.07, 6.45) is 3.33. The van der Waals surface area contributed by atoms with Crippen LogP contribution in [0.5, 0.6) is 0 Å². The van der Waals surface area contributed by atoms with E-state index in [0.717, 1.165) is 24.9 Å². The molecule has 1 saturated carbocycles. The Morgan fingerprint density at radius 1 is 1.29 bits per heavy atom. The van der Waals surface area contributed by atoms with Gasteiger partial charge in [0.05, 0.1) is 0 Å². The normalized spacial score (nSPS) is 30.5. The van der Waals surface area contributed by atoms with Crippen molar-refractivity contribution in [3.8, 4) is 0 Å². The molecule has 2 unspecified atom stereocenters. The first-order valence-corrected chi connectivity index (χ1v) is 7.76. The van der Waals surface area contributed by atoms with Crippen molar-refractivity contribution in [2.24, 2.45) is 10.8 Å². The first-order chi connectivity index (χ1) is 9.69. The van der Waals surface area contributed by atoms with Crippen LogP contribution in [0.3, 0.4) is 0 Å². The molecule has 1 heterocycles. The van der Waals surface area contributed by atoms with Crippen molar-refractivity contribution in [2.45, 2.75) is 53.0 Å². The van der Waals surface area contributed by atoms with E-state index >= 15 is 0 Å². The van der Waals surface area contributed by atoms with Gasteiger partial charge in [-0.25, -0.2) is 4.39 Å². The molecule has 2 atom stereocenters. The predicted molar refractivity (Wildman–Crippen MR) is 81.7 cm³/mol. The molecule has 0 N–H and O–H groups in total. The van der Waals surface area contributed by atoms with Crippen LogP contribution in [0.4, 0.5) is 4.39 Å². The van der Waals surface area contributed by atoms with Gasteiger partial charge in [-0.05, 0) is 60.8 Å². The molecule has 114 valence electrons. The van der Waals surface area contributed by atoms with E-state index in [1.807, 2.05) is 11.8 Å². The Bertz CT molecular complexity index is 595. The highest BCUT2D eigenvalue weighted by Crippen LogP contribution is 2.52. The minimum absolute atomic E-state index is 0.0684. The summed E-state index contributed by atoms with van der Waals surface area (Å²) in [5, 5.41) is 0. The number of amides is 1. The maximum atomic E-state index is 13.2. The zero-order valence-electron chi connectivity index (χ0n) is 13.4. The molecule has 0 aromatic heterocycles. The zero-order valence-corrected chi connectivity index (χ0v) is 13.4. The van der Waals surface area contributed by atoms with E-state index in [-0.39, 0.29) is 17.1 Å². The second-order valence-electron chi connectivity index (χ2n) is 8.11. The van der Waals surface area contributed by atoms with E-state index in [9.17, 15) is 9.18 Å². The summed E-state index contributed by atoms with van der Waals surface area (Å²) in [5.74, 6) is -0.212. The van der Waals surface area contributed by atoms with E-state index in [0.29, 0.717) is 17.0 Å². The predicted octanol–water partition coefficient (Wildman–Crippen LogP) is 4.17. The van der Waals surface area contributed by atoms with E-state index in [1.165, 1.54) is 18.6 Å². The Hall–Kier alpha value is -1.38. The van der Waals surface area contributed by atoms with Gasteiger partial charge >= 0.3 is 0 Å². The van der Waals surface area contributed by atoms with Crippen molar-refractivity contribution in [1.82, 2.24) is 4.90 Å². The maximum absolute atomic E-state index is 13.2. The van der Waals surface area contributed by atoms with Gasteiger partial charge in [-0.1, -0.05) is 20.8 Å². The van der Waals surface area contributed by atoms with E-state index in [1.54, 1.807) is 6.07 Å². The highest BCUT2D eigenvalue weighted by Gasteiger charge is 2.51. The smallest absolute Gasteiger partial charge is 0.254 e. The molecule has 21 heavy (non-hydrogen) atoms. The van der Waals surface area contributed by atoms with Crippen LogP contribution in [0, 0.1) is 23.6 Å². The molecule has 1 aromatic rings. The summed E-state index contributed by atoms with van der Waals surface area (Å²) in [5.41, 5.74) is 1.90. The van der Waals surface area contributed by atoms with Crippen LogP contribution in [-0.2, 0) is 0 Å². The SMILES string of the molecule is Cc1cc(F)ccc1C(=O)N1CC2(C)CC1CC(C)(C)C2. The highest BCUT2D eigenvalue weighted by atomic mass is 19.1. The van der Waals surface area contributed by atoms with Crippen molar-refractivity contribution in [3.05, 3.63) is 35.1 Å². The minimum atomic E-state index is -0.280. The molecule has 1 amide bonds. The molecule has 0 spiro atoms. The largest absolute Gasteiger partial charge is 0.335 e. The third kappa shape index (κ3) is 2.58. The lowest BCUT2D eigenvalue weighted by atomic mass is 9.65. The quantitative estimate of drug-likeness (QED) is 0.759. The van der Waals surface area contributed by atoms with Gasteiger partial charge in [0.2, 0.25) is 0 Å². The van der Waals surface area contributed by atoms with Crippen LogP contribution in [0.25, 0.3) is 0 Å². The molecule has 1 aliphatic carbocycles. The van der Waals surface area contributed by atoms with Crippen molar-refractivity contribution in [2.75, 3.05) is 6.54 Å². The van der Waals surface area contributed by atoms with Crippen molar-refractivity contribution in [3.63, 3.8) is 0 Å². The van der Waals surface area contributed by atoms with Gasteiger partial charge < -0.3 is 4.90 Å². The standard InChI is InChI=1S/C18H24FNO/c1-12-7-13(19)5-6-15(12)16(21)20-11-18(4)9-14(20)8-17(2,3)10-18/h5-7,14H,8-11H2,1-4H3. The fraction of sp³-hybridized carbons (Fsp3) is 0.611. The van der Waals surface area contributed by atoms with Crippen molar-refractivity contribution in [1.29, 1.82) is 0 Å². The topological polar surface area (TPSA) is 20.3 Å². The van der Waals surface area contributed by atoms with Crippen LogP contribution >= 0.6 is 0 Å². The number of hydrogen-bond donors (Lipinski definition) is 0. The number of halogens is 1. The minimum Gasteiger partial charge on any atom is -0.335 e. The van der Waals surface area contributed by atoms with Crippen LogP contribution in [0.15, 0.2) is 18.2 Å². The lowest BCUT2D eigenvalue weighted by molar-refractivity contribution is 0.0707. The summed E-state index contributed by atoms with van der Waals surface area (Å²) in [7, 11) is 0. The molecule has 3 rings (SSSR count). The number of aryl methyl sites for hydroxylation is 1. The number of carbonyl (C=O) groups is 1. The number of rotatable bonds is 1. The van der Waals surface area contributed by atoms with Gasteiger partial charge in [0.1, 0.15) is 5.82 Å². The van der Waals surface area contributed by atoms with Gasteiger partial charge in [-0.3, -0.25) is 4.79 Å². The van der Waals surface area contributed by atoms with Crippen LogP contribution in [-0.4, -0.2) is 23.4 Å². The van der Waals surface area contributed by atoms with Gasteiger partial charge in [0.15, 0.2) is 0 Å². The molecule has 2 aliphatic rings. The van der Waals surface area contributed by atoms with Crippen LogP contribution < -0.4 is 0 Å². The average molecular weight is 289 g/mol. The number of nitrogens with zero attached hydrogens (tertiary/aromatic N) is 1. The molecular formula is C18H24FNO. The lowest BCUT2D eigenvalue weighted by Crippen LogP contribution is -2.38. The Labute approximate surface area is 126 Å². The van der Waals surface area contributed by atoms with Crippen LogP contribution in [0.2, 0.25) is 0 Å². The highest BCUT2D eigenvalue weighted by molar-refractivity contribution is 5.96. The second kappa shape index (κ2) is 4.56. The summed E-state index contributed by atoms with van der Waals surface area (Å²) >= 11 is 0. The first kappa shape index (κ1) is 14.6. The van der Waals surface area contributed by atoms with E-state index < -0.39 is 0 Å². The van der Waals surface area contributed by atoms with Crippen LogP contribution in [0.1, 0.15) is 56.0 Å². The van der Waals surface area contributed by atoms with E-state index in [2.05, 4.69) is 20.8 Å². The zero-order chi connectivity index (χ0) is 15.4. The molecule has 0 radical (unpaired) electrons. The average Bonchev–Trinajstić information content (AvgIpc) is 2.57. The van der Waals surface area contributed by atoms with E-state index in [4.69, 9.17) is 0 Å². The summed E-state index contributed by atoms with van der Waals surface area (Å²) < 4.78 is 13.2. The molecule has 1 saturated heterocycles. The number of benzene rings is 1. The number of carbonyl (C=O) groups excluding carboxylic acids is 1. The molecular weight excluding hydrogens is 265 g/mol. The fourth-order valence-corrected chi connectivity index (χ4v) is 4.72. The molecule has 3 heteroatoms. The third-order valence-corrected chi connectivity index (χ3v) is 5.09. The molecule has 1 aliphatic heterocycles. The van der Waals surface area contributed by atoms with Gasteiger partial charge in [-0.15, -0.1) is 0 Å². The lowest BCUT2D eigenvalue weighted by Gasteiger charge is -2.39. The number of likely N-dealkylation sites (tertiary alicyclic amines) is 1. The Morgan fingerprint density at radius 3 is 2.67 bits per heavy atom. The van der Waals surface area contributed by atoms with Gasteiger partial charge in [0, 0.05) is 18.2 Å². The van der Waals surface area contributed by atoms with Gasteiger partial charge in [0.25, 0.3) is 5.91 Å². The summed E-state index contributed by atoms with van der Waals surface area (Å²) in [4.78, 5) is 14.9. The fourth-order valence-electron chi connectivity index (χ4n) is 4.72. The summed E-state index contributed by atoms with van der Waals surface area (Å²) in [6, 6.07) is 4.79. The molecule has 2 nitrogen and oxygen atoms in total. The Morgan fingerprint density at radius 2 is 2.00 bits per heavy atom. The van der Waals surface area contributed by atoms with Crippen molar-refractivity contribution < 1.29 is 9.18 Å². The first-order valence-electron chi connectivity index (χ1n) is 7.76. The molecule has 2 bridgehead atoms. The third-order valence-electron chi connectivity index (χ3n) is 5.09.